The van der Waals surface area contributed by atoms with E-state index in [2.05, 4.69) is 5.32 Å². The van der Waals surface area contributed by atoms with Gasteiger partial charge in [0.1, 0.15) is 5.76 Å². The first-order valence-electron chi connectivity index (χ1n) is 5.73. The average molecular weight is 223 g/mol. The van der Waals surface area contributed by atoms with E-state index in [1.165, 1.54) is 0 Å². The molecule has 0 aliphatic rings. The van der Waals surface area contributed by atoms with E-state index in [-0.39, 0.29) is 17.4 Å². The fraction of sp³-hybridized carbons (Fsp3) is 0.615. The molecular formula is C13H21NO2. The van der Waals surface area contributed by atoms with Crippen LogP contribution in [0.5, 0.6) is 0 Å². The SMILES string of the molecule is C[C@@H](CCc1ccco1)NC(=O)C(C)(C)C. The largest absolute Gasteiger partial charge is 0.469 e. The number of hydrogen-bond donors (Lipinski definition) is 1. The molecule has 3 nitrogen and oxygen atoms in total. The smallest absolute Gasteiger partial charge is 0.225 e. The second-order valence-corrected chi connectivity index (χ2v) is 5.24. The maximum Gasteiger partial charge on any atom is 0.225 e. The number of rotatable bonds is 4. The first-order chi connectivity index (χ1) is 7.39. The zero-order chi connectivity index (χ0) is 12.2. The predicted molar refractivity (Wildman–Crippen MR) is 64.1 cm³/mol. The van der Waals surface area contributed by atoms with Gasteiger partial charge in [-0.1, -0.05) is 20.8 Å². The molecule has 1 heterocycles. The second-order valence-electron chi connectivity index (χ2n) is 5.24. The van der Waals surface area contributed by atoms with Crippen LogP contribution in [0.2, 0.25) is 0 Å². The van der Waals surface area contributed by atoms with Gasteiger partial charge in [0, 0.05) is 17.9 Å². The van der Waals surface area contributed by atoms with Gasteiger partial charge in [-0.25, -0.2) is 0 Å². The van der Waals surface area contributed by atoms with Crippen molar-refractivity contribution in [3.63, 3.8) is 0 Å². The molecule has 0 aromatic carbocycles. The second kappa shape index (κ2) is 5.19. The Kier molecular flexibility index (Phi) is 4.16. The van der Waals surface area contributed by atoms with Crippen LogP contribution in [0.4, 0.5) is 0 Å². The van der Waals surface area contributed by atoms with E-state index in [0.717, 1.165) is 18.6 Å². The van der Waals surface area contributed by atoms with Crippen molar-refractivity contribution in [2.24, 2.45) is 5.41 Å². The van der Waals surface area contributed by atoms with Gasteiger partial charge in [0.05, 0.1) is 6.26 Å². The zero-order valence-corrected chi connectivity index (χ0v) is 10.5. The quantitative estimate of drug-likeness (QED) is 0.852. The first-order valence-corrected chi connectivity index (χ1v) is 5.73. The summed E-state index contributed by atoms with van der Waals surface area (Å²) in [5.41, 5.74) is -0.320. The number of amides is 1. The Labute approximate surface area is 97.2 Å². The van der Waals surface area contributed by atoms with Gasteiger partial charge in [-0.3, -0.25) is 4.79 Å². The molecular weight excluding hydrogens is 202 g/mol. The Balaban J connectivity index is 2.31. The number of carbonyl (C=O) groups is 1. The van der Waals surface area contributed by atoms with E-state index < -0.39 is 0 Å². The molecule has 1 amide bonds. The standard InChI is InChI=1S/C13H21NO2/c1-10(14-12(15)13(2,3)4)7-8-11-6-5-9-16-11/h5-6,9-10H,7-8H2,1-4H3,(H,14,15)/t10-/m0/s1. The minimum absolute atomic E-state index is 0.0967. The highest BCUT2D eigenvalue weighted by Gasteiger charge is 2.22. The van der Waals surface area contributed by atoms with Crippen LogP contribution in [0.15, 0.2) is 22.8 Å². The summed E-state index contributed by atoms with van der Waals surface area (Å²) in [6.07, 6.45) is 3.43. The Bertz CT molecular complexity index is 322. The van der Waals surface area contributed by atoms with Gasteiger partial charge in [0.2, 0.25) is 5.91 Å². The van der Waals surface area contributed by atoms with Crippen molar-refractivity contribution in [1.29, 1.82) is 0 Å². The molecule has 0 aliphatic heterocycles. The molecule has 3 heteroatoms. The molecule has 0 saturated heterocycles. The lowest BCUT2D eigenvalue weighted by atomic mass is 9.95. The van der Waals surface area contributed by atoms with Crippen LogP contribution in [0.1, 0.15) is 39.9 Å². The molecule has 1 aromatic rings. The number of aryl methyl sites for hydroxylation is 1. The third-order valence-electron chi connectivity index (χ3n) is 2.46. The van der Waals surface area contributed by atoms with Crippen molar-refractivity contribution in [3.05, 3.63) is 24.2 Å². The molecule has 0 bridgehead atoms. The Morgan fingerprint density at radius 3 is 2.69 bits per heavy atom. The summed E-state index contributed by atoms with van der Waals surface area (Å²) in [5, 5.41) is 3.00. The molecule has 1 N–H and O–H groups in total. The summed E-state index contributed by atoms with van der Waals surface area (Å²) in [5.74, 6) is 1.07. The lowest BCUT2D eigenvalue weighted by molar-refractivity contribution is -0.129. The van der Waals surface area contributed by atoms with Crippen LogP contribution in [-0.4, -0.2) is 11.9 Å². The lowest BCUT2D eigenvalue weighted by Gasteiger charge is -2.21. The molecule has 0 fully saturated rings. The Morgan fingerprint density at radius 2 is 2.19 bits per heavy atom. The van der Waals surface area contributed by atoms with Gasteiger partial charge in [0.15, 0.2) is 0 Å². The molecule has 0 aliphatic carbocycles. The highest BCUT2D eigenvalue weighted by Crippen LogP contribution is 2.13. The van der Waals surface area contributed by atoms with E-state index in [9.17, 15) is 4.79 Å². The summed E-state index contributed by atoms with van der Waals surface area (Å²) in [4.78, 5) is 11.7. The van der Waals surface area contributed by atoms with Crippen molar-refractivity contribution >= 4 is 5.91 Å². The minimum atomic E-state index is -0.320. The maximum absolute atomic E-state index is 11.7. The first kappa shape index (κ1) is 12.8. The topological polar surface area (TPSA) is 42.2 Å². The van der Waals surface area contributed by atoms with E-state index in [0.29, 0.717) is 0 Å². The van der Waals surface area contributed by atoms with Gasteiger partial charge in [0.25, 0.3) is 0 Å². The molecule has 0 unspecified atom stereocenters. The fourth-order valence-corrected chi connectivity index (χ4v) is 1.33. The number of carbonyl (C=O) groups excluding carboxylic acids is 1. The third-order valence-corrected chi connectivity index (χ3v) is 2.46. The van der Waals surface area contributed by atoms with E-state index >= 15 is 0 Å². The van der Waals surface area contributed by atoms with Crippen molar-refractivity contribution in [2.75, 3.05) is 0 Å². The Hall–Kier alpha value is -1.25. The van der Waals surface area contributed by atoms with Gasteiger partial charge >= 0.3 is 0 Å². The summed E-state index contributed by atoms with van der Waals surface area (Å²) in [6, 6.07) is 4.02. The highest BCUT2D eigenvalue weighted by atomic mass is 16.3. The van der Waals surface area contributed by atoms with Crippen LogP contribution in [0.3, 0.4) is 0 Å². The molecule has 0 radical (unpaired) electrons. The van der Waals surface area contributed by atoms with Gasteiger partial charge < -0.3 is 9.73 Å². The van der Waals surface area contributed by atoms with Crippen LogP contribution in [0, 0.1) is 5.41 Å². The van der Waals surface area contributed by atoms with Crippen molar-refractivity contribution in [3.8, 4) is 0 Å². The molecule has 1 atom stereocenters. The number of nitrogens with one attached hydrogen (secondary N) is 1. The van der Waals surface area contributed by atoms with Gasteiger partial charge in [-0.15, -0.1) is 0 Å². The normalized spacial score (nSPS) is 13.5. The zero-order valence-electron chi connectivity index (χ0n) is 10.5. The van der Waals surface area contributed by atoms with Crippen molar-refractivity contribution in [2.45, 2.75) is 46.6 Å². The van der Waals surface area contributed by atoms with E-state index in [1.807, 2.05) is 39.8 Å². The summed E-state index contributed by atoms with van der Waals surface area (Å²) in [7, 11) is 0. The lowest BCUT2D eigenvalue weighted by Crippen LogP contribution is -2.40. The average Bonchev–Trinajstić information content (AvgIpc) is 2.65. The van der Waals surface area contributed by atoms with E-state index in [1.54, 1.807) is 6.26 Å². The molecule has 1 aromatic heterocycles. The molecule has 1 rings (SSSR count). The van der Waals surface area contributed by atoms with Gasteiger partial charge in [-0.2, -0.15) is 0 Å². The monoisotopic (exact) mass is 223 g/mol. The predicted octanol–water partition coefficient (Wildman–Crippen LogP) is 2.76. The number of furan rings is 1. The summed E-state index contributed by atoms with van der Waals surface area (Å²) < 4.78 is 5.24. The van der Waals surface area contributed by atoms with Crippen molar-refractivity contribution < 1.29 is 9.21 Å². The molecule has 0 spiro atoms. The van der Waals surface area contributed by atoms with E-state index in [4.69, 9.17) is 4.42 Å². The Morgan fingerprint density at radius 1 is 1.50 bits per heavy atom. The van der Waals surface area contributed by atoms with Crippen LogP contribution in [0.25, 0.3) is 0 Å². The van der Waals surface area contributed by atoms with Crippen molar-refractivity contribution in [1.82, 2.24) is 5.32 Å². The van der Waals surface area contributed by atoms with Crippen LogP contribution in [-0.2, 0) is 11.2 Å². The maximum atomic E-state index is 11.7. The minimum Gasteiger partial charge on any atom is -0.469 e. The molecule has 0 saturated carbocycles. The van der Waals surface area contributed by atoms with Gasteiger partial charge in [-0.05, 0) is 25.5 Å². The third kappa shape index (κ3) is 4.09. The van der Waals surface area contributed by atoms with Crippen LogP contribution >= 0.6 is 0 Å². The molecule has 90 valence electrons. The fourth-order valence-electron chi connectivity index (χ4n) is 1.33. The molecule has 16 heavy (non-hydrogen) atoms. The van der Waals surface area contributed by atoms with Crippen LogP contribution < -0.4 is 5.32 Å². The highest BCUT2D eigenvalue weighted by molar-refractivity contribution is 5.81. The number of hydrogen-bond acceptors (Lipinski definition) is 2. The summed E-state index contributed by atoms with van der Waals surface area (Å²) in [6.45, 7) is 7.78. The summed E-state index contributed by atoms with van der Waals surface area (Å²) >= 11 is 0.